The standard InChI is InChI=1S/C25H32ClN5O3/c1-16(2)31(25(33)34)14-20(18-5-7-19(26)8-6-18)24(32)30-12-10-29(11-13-30)23-22-17(3)4-9-21(22)27-15-28-23/h5-8,15-17,20H,4,9-14H2,1-3H3,(H,33,34)/t17-,20+/m1/s1. The van der Waals surface area contributed by atoms with Gasteiger partial charge < -0.3 is 19.8 Å². The van der Waals surface area contributed by atoms with Crippen molar-refractivity contribution in [1.82, 2.24) is 19.8 Å². The van der Waals surface area contributed by atoms with Crippen molar-refractivity contribution in [2.75, 3.05) is 37.6 Å². The minimum atomic E-state index is -1.03. The summed E-state index contributed by atoms with van der Waals surface area (Å²) in [5, 5.41) is 10.3. The number of hydrogen-bond donors (Lipinski definition) is 1. The van der Waals surface area contributed by atoms with E-state index in [-0.39, 0.29) is 18.5 Å². The Morgan fingerprint density at radius 3 is 2.44 bits per heavy atom. The number of piperazine rings is 1. The van der Waals surface area contributed by atoms with E-state index < -0.39 is 12.0 Å². The topological polar surface area (TPSA) is 89.9 Å². The van der Waals surface area contributed by atoms with Crippen molar-refractivity contribution in [3.63, 3.8) is 0 Å². The van der Waals surface area contributed by atoms with E-state index in [1.54, 1.807) is 18.5 Å². The molecule has 2 aliphatic rings. The van der Waals surface area contributed by atoms with Gasteiger partial charge in [0.2, 0.25) is 5.91 Å². The summed E-state index contributed by atoms with van der Waals surface area (Å²) in [6.07, 6.45) is 2.70. The molecule has 1 fully saturated rings. The quantitative estimate of drug-likeness (QED) is 0.665. The van der Waals surface area contributed by atoms with Gasteiger partial charge in [0.15, 0.2) is 0 Å². The van der Waals surface area contributed by atoms with Crippen LogP contribution >= 0.6 is 11.6 Å². The van der Waals surface area contributed by atoms with Gasteiger partial charge in [-0.1, -0.05) is 30.7 Å². The minimum Gasteiger partial charge on any atom is -0.465 e. The number of benzene rings is 1. The maximum Gasteiger partial charge on any atom is 0.407 e. The molecule has 2 heterocycles. The number of carbonyl (C=O) groups is 2. The van der Waals surface area contributed by atoms with E-state index in [0.717, 1.165) is 29.9 Å². The van der Waals surface area contributed by atoms with E-state index in [1.807, 2.05) is 30.9 Å². The highest BCUT2D eigenvalue weighted by molar-refractivity contribution is 6.30. The fraction of sp³-hybridized carbons (Fsp3) is 0.520. The van der Waals surface area contributed by atoms with Gasteiger partial charge in [0, 0.05) is 55.0 Å². The predicted molar refractivity (Wildman–Crippen MR) is 132 cm³/mol. The summed E-state index contributed by atoms with van der Waals surface area (Å²) in [6, 6.07) is 6.87. The molecule has 4 rings (SSSR count). The number of amides is 2. The van der Waals surface area contributed by atoms with Crippen molar-refractivity contribution >= 4 is 29.4 Å². The third kappa shape index (κ3) is 4.97. The first-order chi connectivity index (χ1) is 16.3. The van der Waals surface area contributed by atoms with E-state index in [0.29, 0.717) is 37.1 Å². The van der Waals surface area contributed by atoms with Gasteiger partial charge in [0.05, 0.1) is 5.92 Å². The molecule has 0 unspecified atom stereocenters. The lowest BCUT2D eigenvalue weighted by molar-refractivity contribution is -0.133. The number of nitrogens with zero attached hydrogens (tertiary/aromatic N) is 5. The van der Waals surface area contributed by atoms with Crippen LogP contribution < -0.4 is 4.90 Å². The first-order valence-corrected chi connectivity index (χ1v) is 12.3. The summed E-state index contributed by atoms with van der Waals surface area (Å²) in [5.74, 6) is 0.784. The number of carbonyl (C=O) groups excluding carboxylic acids is 1. The van der Waals surface area contributed by atoms with Crippen LogP contribution in [0.15, 0.2) is 30.6 Å². The Hall–Kier alpha value is -2.87. The minimum absolute atomic E-state index is 0.0600. The second-order valence-corrected chi connectivity index (χ2v) is 9.88. The van der Waals surface area contributed by atoms with Gasteiger partial charge in [-0.3, -0.25) is 4.79 Å². The molecule has 2 aromatic rings. The number of anilines is 1. The molecule has 2 atom stereocenters. The summed E-state index contributed by atoms with van der Waals surface area (Å²) in [6.45, 7) is 8.44. The molecule has 1 aromatic carbocycles. The summed E-state index contributed by atoms with van der Waals surface area (Å²) in [4.78, 5) is 40.0. The second-order valence-electron chi connectivity index (χ2n) is 9.44. The van der Waals surface area contributed by atoms with Crippen LogP contribution in [0.5, 0.6) is 0 Å². The van der Waals surface area contributed by atoms with Crippen LogP contribution in [-0.4, -0.2) is 75.6 Å². The lowest BCUT2D eigenvalue weighted by Gasteiger charge is -2.38. The molecule has 9 heteroatoms. The number of aromatic nitrogens is 2. The Morgan fingerprint density at radius 1 is 1.15 bits per heavy atom. The molecular weight excluding hydrogens is 454 g/mol. The molecule has 0 bridgehead atoms. The lowest BCUT2D eigenvalue weighted by atomic mass is 9.96. The van der Waals surface area contributed by atoms with Crippen LogP contribution in [0, 0.1) is 0 Å². The molecule has 0 spiro atoms. The molecule has 34 heavy (non-hydrogen) atoms. The Bertz CT molecular complexity index is 1040. The van der Waals surface area contributed by atoms with Crippen molar-refractivity contribution in [2.24, 2.45) is 0 Å². The number of halogens is 1. The van der Waals surface area contributed by atoms with Crippen molar-refractivity contribution < 1.29 is 14.7 Å². The van der Waals surface area contributed by atoms with Gasteiger partial charge in [-0.15, -0.1) is 0 Å². The molecule has 1 N–H and O–H groups in total. The van der Waals surface area contributed by atoms with E-state index in [1.165, 1.54) is 10.5 Å². The van der Waals surface area contributed by atoms with Crippen LogP contribution in [0.4, 0.5) is 10.6 Å². The first-order valence-electron chi connectivity index (χ1n) is 11.9. The van der Waals surface area contributed by atoms with Crippen molar-refractivity contribution in [1.29, 1.82) is 0 Å². The summed E-state index contributed by atoms with van der Waals surface area (Å²) >= 11 is 6.06. The monoisotopic (exact) mass is 485 g/mol. The molecule has 1 aromatic heterocycles. The molecular formula is C25H32ClN5O3. The zero-order valence-electron chi connectivity index (χ0n) is 19.9. The second kappa shape index (κ2) is 10.2. The third-order valence-corrected chi connectivity index (χ3v) is 7.21. The Morgan fingerprint density at radius 2 is 1.82 bits per heavy atom. The Labute approximate surface area is 205 Å². The average Bonchev–Trinajstić information content (AvgIpc) is 3.21. The molecule has 1 saturated heterocycles. The van der Waals surface area contributed by atoms with Crippen LogP contribution in [0.2, 0.25) is 5.02 Å². The largest absolute Gasteiger partial charge is 0.465 e. The van der Waals surface area contributed by atoms with Gasteiger partial charge in [-0.2, -0.15) is 0 Å². The fourth-order valence-electron chi connectivity index (χ4n) is 4.96. The number of hydrogen-bond acceptors (Lipinski definition) is 5. The van der Waals surface area contributed by atoms with E-state index in [2.05, 4.69) is 21.8 Å². The van der Waals surface area contributed by atoms with E-state index in [4.69, 9.17) is 11.6 Å². The molecule has 1 aliphatic heterocycles. The van der Waals surface area contributed by atoms with Crippen molar-refractivity contribution in [2.45, 2.75) is 51.5 Å². The zero-order valence-corrected chi connectivity index (χ0v) is 20.7. The van der Waals surface area contributed by atoms with E-state index in [9.17, 15) is 14.7 Å². The molecule has 182 valence electrons. The Kier molecular flexibility index (Phi) is 7.26. The summed E-state index contributed by atoms with van der Waals surface area (Å²) < 4.78 is 0. The number of aryl methyl sites for hydroxylation is 1. The van der Waals surface area contributed by atoms with Crippen LogP contribution in [0.25, 0.3) is 0 Å². The highest BCUT2D eigenvalue weighted by Gasteiger charge is 2.34. The van der Waals surface area contributed by atoms with Gasteiger partial charge in [0.1, 0.15) is 12.1 Å². The number of fused-ring (bicyclic) bond motifs is 1. The maximum atomic E-state index is 13.7. The van der Waals surface area contributed by atoms with Crippen molar-refractivity contribution in [3.8, 4) is 0 Å². The van der Waals surface area contributed by atoms with Crippen molar-refractivity contribution in [3.05, 3.63) is 52.4 Å². The van der Waals surface area contributed by atoms with Gasteiger partial charge >= 0.3 is 6.09 Å². The number of rotatable bonds is 6. The SMILES string of the molecule is CC(C)N(C[C@H](C(=O)N1CCN(c2ncnc3c2[C@H](C)CC3)CC1)c1ccc(Cl)cc1)C(=O)O. The van der Waals surface area contributed by atoms with Gasteiger partial charge in [-0.05, 0) is 50.3 Å². The smallest absolute Gasteiger partial charge is 0.407 e. The fourth-order valence-corrected chi connectivity index (χ4v) is 5.09. The maximum absolute atomic E-state index is 13.7. The highest BCUT2D eigenvalue weighted by Crippen LogP contribution is 2.37. The Balaban J connectivity index is 1.51. The van der Waals surface area contributed by atoms with Crippen LogP contribution in [0.3, 0.4) is 0 Å². The molecule has 2 amide bonds. The normalized spacial score (nSPS) is 18.7. The summed E-state index contributed by atoms with van der Waals surface area (Å²) in [5.41, 5.74) is 3.16. The molecule has 0 radical (unpaired) electrons. The average molecular weight is 486 g/mol. The van der Waals surface area contributed by atoms with Gasteiger partial charge in [0.25, 0.3) is 0 Å². The van der Waals surface area contributed by atoms with E-state index >= 15 is 0 Å². The zero-order chi connectivity index (χ0) is 24.4. The predicted octanol–water partition coefficient (Wildman–Crippen LogP) is 4.00. The molecule has 8 nitrogen and oxygen atoms in total. The van der Waals surface area contributed by atoms with Crippen LogP contribution in [-0.2, 0) is 11.2 Å². The first kappa shape index (κ1) is 24.3. The van der Waals surface area contributed by atoms with Gasteiger partial charge in [-0.25, -0.2) is 14.8 Å². The molecule has 1 aliphatic carbocycles. The summed E-state index contributed by atoms with van der Waals surface area (Å²) in [7, 11) is 0. The number of carboxylic acid groups (broad SMARTS) is 1. The van der Waals surface area contributed by atoms with Crippen LogP contribution in [0.1, 0.15) is 55.8 Å². The highest BCUT2D eigenvalue weighted by atomic mass is 35.5. The third-order valence-electron chi connectivity index (χ3n) is 6.96. The molecule has 0 saturated carbocycles. The lowest BCUT2D eigenvalue weighted by Crippen LogP contribution is -2.52.